The number of fused-ring (bicyclic) bond motifs is 1. The lowest BCUT2D eigenvalue weighted by molar-refractivity contribution is -0.139. The molecule has 10 heteroatoms. The molecule has 1 aromatic carbocycles. The van der Waals surface area contributed by atoms with Crippen LogP contribution >= 0.6 is 23.4 Å². The first-order chi connectivity index (χ1) is 17.9. The van der Waals surface area contributed by atoms with Crippen molar-refractivity contribution in [2.75, 3.05) is 32.5 Å². The number of halogens is 3. The SMILES string of the molecule is COc1ccc2ncc(Cl)c([C@H](F)CCC3CCN(CCSc4ncccc4F)CC3CC(=O)O)c2c1. The van der Waals surface area contributed by atoms with Crippen LogP contribution < -0.4 is 4.74 Å². The van der Waals surface area contributed by atoms with Crippen LogP contribution in [0.2, 0.25) is 5.02 Å². The molecule has 0 aliphatic carbocycles. The minimum atomic E-state index is -1.31. The number of carboxylic acids is 1. The number of alkyl halides is 1. The number of aromatic nitrogens is 2. The summed E-state index contributed by atoms with van der Waals surface area (Å²) in [6.07, 6.45) is 3.35. The Labute approximate surface area is 224 Å². The number of benzene rings is 1. The quantitative estimate of drug-likeness (QED) is 0.276. The van der Waals surface area contributed by atoms with Crippen LogP contribution in [0.1, 0.15) is 37.4 Å². The number of rotatable bonds is 11. The summed E-state index contributed by atoms with van der Waals surface area (Å²) in [7, 11) is 1.55. The molecule has 1 N–H and O–H groups in total. The zero-order chi connectivity index (χ0) is 26.4. The predicted molar refractivity (Wildman–Crippen MR) is 142 cm³/mol. The zero-order valence-electron chi connectivity index (χ0n) is 20.6. The molecule has 198 valence electrons. The van der Waals surface area contributed by atoms with Crippen molar-refractivity contribution in [3.63, 3.8) is 0 Å². The van der Waals surface area contributed by atoms with Crippen LogP contribution in [0.4, 0.5) is 8.78 Å². The number of nitrogens with zero attached hydrogens (tertiary/aromatic N) is 3. The van der Waals surface area contributed by atoms with E-state index in [0.29, 0.717) is 52.5 Å². The maximum absolute atomic E-state index is 15.6. The Kier molecular flexibility index (Phi) is 9.56. The Morgan fingerprint density at radius 1 is 1.32 bits per heavy atom. The zero-order valence-corrected chi connectivity index (χ0v) is 22.2. The largest absolute Gasteiger partial charge is 0.497 e. The number of thioether (sulfide) groups is 1. The molecule has 6 nitrogen and oxygen atoms in total. The highest BCUT2D eigenvalue weighted by atomic mass is 35.5. The Balaban J connectivity index is 1.38. The van der Waals surface area contributed by atoms with E-state index in [2.05, 4.69) is 14.9 Å². The van der Waals surface area contributed by atoms with E-state index >= 15 is 4.39 Å². The third-order valence-corrected chi connectivity index (χ3v) is 8.22. The van der Waals surface area contributed by atoms with E-state index in [1.165, 1.54) is 24.0 Å². The van der Waals surface area contributed by atoms with Crippen molar-refractivity contribution in [3.8, 4) is 5.75 Å². The van der Waals surface area contributed by atoms with Gasteiger partial charge < -0.3 is 14.7 Å². The standard InChI is InChI=1S/C27H30ClF2N3O3S/c1-36-19-5-7-24-20(14-19)26(21(28)15-32-24)22(29)6-4-17-8-10-33(16-18(17)13-25(34)35)11-12-37-27-23(30)3-2-9-31-27/h2-3,5,7,9,14-15,17-18,22H,4,6,8,10-13,16H2,1H3,(H,34,35)/t17?,18?,22-/m1/s1. The van der Waals surface area contributed by atoms with E-state index in [4.69, 9.17) is 16.3 Å². The number of pyridine rings is 2. The molecule has 0 radical (unpaired) electrons. The van der Waals surface area contributed by atoms with Crippen LogP contribution in [0.25, 0.3) is 10.9 Å². The van der Waals surface area contributed by atoms with Gasteiger partial charge in [-0.05, 0) is 68.0 Å². The van der Waals surface area contributed by atoms with Crippen LogP contribution in [0.5, 0.6) is 5.75 Å². The molecule has 0 spiro atoms. The average molecular weight is 550 g/mol. The van der Waals surface area contributed by atoms with E-state index in [1.54, 1.807) is 37.6 Å². The van der Waals surface area contributed by atoms with Crippen molar-refractivity contribution < 1.29 is 23.4 Å². The maximum Gasteiger partial charge on any atom is 0.303 e. The van der Waals surface area contributed by atoms with Crippen LogP contribution in [0.3, 0.4) is 0 Å². The summed E-state index contributed by atoms with van der Waals surface area (Å²) in [6.45, 7) is 2.12. The molecule has 1 saturated heterocycles. The fourth-order valence-corrected chi connectivity index (χ4v) is 6.21. The van der Waals surface area contributed by atoms with Crippen LogP contribution in [0.15, 0.2) is 47.8 Å². The monoisotopic (exact) mass is 549 g/mol. The number of aliphatic carboxylic acids is 1. The molecular weight excluding hydrogens is 520 g/mol. The van der Waals surface area contributed by atoms with Crippen LogP contribution in [-0.2, 0) is 4.79 Å². The van der Waals surface area contributed by atoms with Crippen molar-refractivity contribution >= 4 is 40.2 Å². The maximum atomic E-state index is 15.6. The molecule has 0 amide bonds. The highest BCUT2D eigenvalue weighted by molar-refractivity contribution is 7.99. The number of hydrogen-bond donors (Lipinski definition) is 1. The van der Waals surface area contributed by atoms with Crippen molar-refractivity contribution in [3.05, 3.63) is 59.1 Å². The van der Waals surface area contributed by atoms with Gasteiger partial charge in [0.05, 0.1) is 17.6 Å². The molecule has 3 atom stereocenters. The summed E-state index contributed by atoms with van der Waals surface area (Å²) < 4.78 is 34.7. The van der Waals surface area contributed by atoms with Crippen molar-refractivity contribution in [2.24, 2.45) is 11.8 Å². The van der Waals surface area contributed by atoms with E-state index in [1.807, 2.05) is 0 Å². The van der Waals surface area contributed by atoms with Crippen LogP contribution in [0, 0.1) is 17.7 Å². The Bertz CT molecular complexity index is 1230. The molecule has 4 rings (SSSR count). The summed E-state index contributed by atoms with van der Waals surface area (Å²) in [5.41, 5.74) is 1.04. The highest BCUT2D eigenvalue weighted by Gasteiger charge is 2.31. The molecule has 37 heavy (non-hydrogen) atoms. The number of methoxy groups -OCH3 is 1. The molecule has 0 bridgehead atoms. The molecule has 2 aromatic heterocycles. The number of likely N-dealkylation sites (tertiary alicyclic amines) is 1. The second-order valence-corrected chi connectivity index (χ2v) is 10.8. The third-order valence-electron chi connectivity index (χ3n) is 6.96. The molecule has 1 aliphatic heterocycles. The minimum absolute atomic E-state index is 0.0380. The summed E-state index contributed by atoms with van der Waals surface area (Å²) in [6, 6.07) is 8.25. The molecule has 2 unspecified atom stereocenters. The summed E-state index contributed by atoms with van der Waals surface area (Å²) >= 11 is 7.73. The first-order valence-corrected chi connectivity index (χ1v) is 13.7. The molecule has 3 aromatic rings. The highest BCUT2D eigenvalue weighted by Crippen LogP contribution is 2.39. The minimum Gasteiger partial charge on any atom is -0.497 e. The fourth-order valence-electron chi connectivity index (χ4n) is 5.06. The van der Waals surface area contributed by atoms with E-state index in [-0.39, 0.29) is 35.5 Å². The predicted octanol–water partition coefficient (Wildman–Crippen LogP) is 6.43. The van der Waals surface area contributed by atoms with Gasteiger partial charge in [0.15, 0.2) is 5.82 Å². The van der Waals surface area contributed by atoms with Crippen LogP contribution in [-0.4, -0.2) is 58.4 Å². The number of carbonyl (C=O) groups is 1. The second kappa shape index (κ2) is 12.8. The number of piperidine rings is 1. The van der Waals surface area contributed by atoms with Gasteiger partial charge in [0.2, 0.25) is 0 Å². The smallest absolute Gasteiger partial charge is 0.303 e. The van der Waals surface area contributed by atoms with Gasteiger partial charge in [0, 0.05) is 48.6 Å². The lowest BCUT2D eigenvalue weighted by atomic mass is 9.79. The van der Waals surface area contributed by atoms with Crippen molar-refractivity contribution in [2.45, 2.75) is 36.9 Å². The van der Waals surface area contributed by atoms with Gasteiger partial charge in [-0.1, -0.05) is 11.6 Å². The second-order valence-electron chi connectivity index (χ2n) is 9.29. The first kappa shape index (κ1) is 27.5. The van der Waals surface area contributed by atoms with Crippen molar-refractivity contribution in [1.82, 2.24) is 14.9 Å². The summed E-state index contributed by atoms with van der Waals surface area (Å²) in [5.74, 6) is 0.0721. The molecule has 1 fully saturated rings. The van der Waals surface area contributed by atoms with Crippen molar-refractivity contribution in [1.29, 1.82) is 0 Å². The van der Waals surface area contributed by atoms with Gasteiger partial charge in [-0.15, -0.1) is 11.8 Å². The number of ether oxygens (including phenoxy) is 1. The molecule has 0 saturated carbocycles. The van der Waals surface area contributed by atoms with Gasteiger partial charge in [0.25, 0.3) is 0 Å². The van der Waals surface area contributed by atoms with Gasteiger partial charge in [-0.25, -0.2) is 13.8 Å². The Hall–Kier alpha value is -2.49. The summed E-state index contributed by atoms with van der Waals surface area (Å²) in [4.78, 5) is 22.2. The molecular formula is C27H30ClF2N3O3S. The van der Waals surface area contributed by atoms with E-state index in [9.17, 15) is 14.3 Å². The lowest BCUT2D eigenvalue weighted by Gasteiger charge is -2.38. The topological polar surface area (TPSA) is 75.5 Å². The summed E-state index contributed by atoms with van der Waals surface area (Å²) in [5, 5.41) is 10.8. The molecule has 3 heterocycles. The van der Waals surface area contributed by atoms with E-state index in [0.717, 1.165) is 13.0 Å². The van der Waals surface area contributed by atoms with Gasteiger partial charge >= 0.3 is 5.97 Å². The lowest BCUT2D eigenvalue weighted by Crippen LogP contribution is -2.42. The Morgan fingerprint density at radius 3 is 2.92 bits per heavy atom. The van der Waals surface area contributed by atoms with Gasteiger partial charge in [-0.2, -0.15) is 0 Å². The fraction of sp³-hybridized carbons (Fsp3) is 0.444. The molecule has 1 aliphatic rings. The third kappa shape index (κ3) is 7.09. The number of carboxylic acid groups (broad SMARTS) is 1. The Morgan fingerprint density at radius 2 is 2.16 bits per heavy atom. The van der Waals surface area contributed by atoms with Gasteiger partial charge in [0.1, 0.15) is 16.9 Å². The average Bonchev–Trinajstić information content (AvgIpc) is 2.88. The van der Waals surface area contributed by atoms with E-state index < -0.39 is 12.1 Å². The first-order valence-electron chi connectivity index (χ1n) is 12.3. The normalized spacial score (nSPS) is 19.1. The van der Waals surface area contributed by atoms with Gasteiger partial charge in [-0.3, -0.25) is 9.78 Å². The number of hydrogen-bond acceptors (Lipinski definition) is 6.